The lowest BCUT2D eigenvalue weighted by Crippen LogP contribution is -2.42. The Labute approximate surface area is 215 Å². The number of piperidine rings is 1. The number of hydrogen-bond acceptors (Lipinski definition) is 5. The summed E-state index contributed by atoms with van der Waals surface area (Å²) >= 11 is 6.01. The molecular weight excluding hydrogens is 476 g/mol. The number of primary amides is 1. The molecule has 5 rings (SSSR count). The van der Waals surface area contributed by atoms with Gasteiger partial charge in [0, 0.05) is 54.1 Å². The van der Waals surface area contributed by atoms with Crippen LogP contribution in [0.4, 0.5) is 10.5 Å². The molecule has 0 bridgehead atoms. The quantitative estimate of drug-likeness (QED) is 0.436. The number of likely N-dealkylation sites (tertiary alicyclic amines) is 1. The van der Waals surface area contributed by atoms with Crippen LogP contribution in [0.1, 0.15) is 36.0 Å². The van der Waals surface area contributed by atoms with Gasteiger partial charge in [0.2, 0.25) is 5.88 Å². The maximum atomic E-state index is 11.6. The number of benzene rings is 2. The Balaban J connectivity index is 1.30. The molecule has 2 aliphatic rings. The molecule has 3 heterocycles. The molecule has 4 N–H and O–H groups in total. The summed E-state index contributed by atoms with van der Waals surface area (Å²) in [6.07, 6.45) is 6.72. The SMILES string of the molecule is NC(=O)Nc1cccc2c1C/C(=C/CCN1CCC(O)(c3ccc(Cl)cc3)CC1)c1cccnc1O2. The highest BCUT2D eigenvalue weighted by atomic mass is 35.5. The first kappa shape index (κ1) is 24.3. The smallest absolute Gasteiger partial charge is 0.316 e. The number of nitrogens with one attached hydrogen (secondary N) is 1. The molecule has 36 heavy (non-hydrogen) atoms. The summed E-state index contributed by atoms with van der Waals surface area (Å²) in [5, 5.41) is 14.5. The van der Waals surface area contributed by atoms with Crippen molar-refractivity contribution < 1.29 is 14.6 Å². The minimum absolute atomic E-state index is 0.546. The minimum Gasteiger partial charge on any atom is -0.438 e. The van der Waals surface area contributed by atoms with Crippen molar-refractivity contribution in [3.05, 3.63) is 88.6 Å². The van der Waals surface area contributed by atoms with Gasteiger partial charge in [-0.3, -0.25) is 0 Å². The molecule has 1 aromatic heterocycles. The largest absolute Gasteiger partial charge is 0.438 e. The molecule has 186 valence electrons. The van der Waals surface area contributed by atoms with Gasteiger partial charge in [-0.1, -0.05) is 35.9 Å². The number of aromatic nitrogens is 1. The molecule has 1 fully saturated rings. The van der Waals surface area contributed by atoms with Gasteiger partial charge in [-0.15, -0.1) is 0 Å². The third-order valence-electron chi connectivity index (χ3n) is 6.98. The van der Waals surface area contributed by atoms with E-state index in [1.807, 2.05) is 54.6 Å². The van der Waals surface area contributed by atoms with Crippen molar-refractivity contribution in [2.45, 2.75) is 31.3 Å². The summed E-state index contributed by atoms with van der Waals surface area (Å²) < 4.78 is 6.13. The summed E-state index contributed by atoms with van der Waals surface area (Å²) in [6.45, 7) is 2.52. The number of pyridine rings is 1. The number of rotatable bonds is 5. The lowest BCUT2D eigenvalue weighted by molar-refractivity contribution is -0.0254. The van der Waals surface area contributed by atoms with Crippen LogP contribution in [0.2, 0.25) is 5.02 Å². The zero-order chi connectivity index (χ0) is 25.1. The molecular formula is C28H29ClN4O3. The molecule has 7 nitrogen and oxygen atoms in total. The lowest BCUT2D eigenvalue weighted by Gasteiger charge is -2.38. The third-order valence-corrected chi connectivity index (χ3v) is 7.23. The van der Waals surface area contributed by atoms with E-state index in [4.69, 9.17) is 22.1 Å². The first-order valence-electron chi connectivity index (χ1n) is 12.1. The van der Waals surface area contributed by atoms with Crippen LogP contribution in [-0.2, 0) is 12.0 Å². The second kappa shape index (κ2) is 10.3. The van der Waals surface area contributed by atoms with Crippen LogP contribution >= 0.6 is 11.6 Å². The molecule has 0 radical (unpaired) electrons. The molecule has 0 spiro atoms. The maximum Gasteiger partial charge on any atom is 0.316 e. The number of nitrogens with two attached hydrogens (primary N) is 1. The number of carbonyl (C=O) groups excluding carboxylic acids is 1. The Morgan fingerprint density at radius 3 is 2.69 bits per heavy atom. The lowest BCUT2D eigenvalue weighted by atomic mass is 9.84. The molecule has 2 aromatic carbocycles. The van der Waals surface area contributed by atoms with Crippen molar-refractivity contribution >= 4 is 28.9 Å². The second-order valence-electron chi connectivity index (χ2n) is 9.30. The maximum absolute atomic E-state index is 11.6. The van der Waals surface area contributed by atoms with Crippen molar-refractivity contribution in [3.63, 3.8) is 0 Å². The first-order chi connectivity index (χ1) is 17.4. The van der Waals surface area contributed by atoms with Crippen LogP contribution in [0.25, 0.3) is 5.57 Å². The van der Waals surface area contributed by atoms with Gasteiger partial charge in [-0.05, 0) is 66.8 Å². The fourth-order valence-corrected chi connectivity index (χ4v) is 5.12. The second-order valence-corrected chi connectivity index (χ2v) is 9.74. The van der Waals surface area contributed by atoms with Gasteiger partial charge in [-0.2, -0.15) is 0 Å². The average Bonchev–Trinajstić information content (AvgIpc) is 3.03. The standard InChI is InChI=1S/C28H29ClN4O3/c29-21-10-8-20(9-11-21)28(35)12-16-33(17-13-28)15-3-4-19-18-23-24(32-27(30)34)6-1-7-25(23)36-26-22(19)5-2-14-31-26/h1-2,4-11,14,35H,3,12-13,15-18H2,(H3,30,32,34)/b19-4-. The Hall–Kier alpha value is -3.39. The van der Waals surface area contributed by atoms with Crippen molar-refractivity contribution in [2.24, 2.45) is 5.73 Å². The van der Waals surface area contributed by atoms with Crippen LogP contribution < -0.4 is 15.8 Å². The number of allylic oxidation sites excluding steroid dienone is 1. The van der Waals surface area contributed by atoms with E-state index >= 15 is 0 Å². The summed E-state index contributed by atoms with van der Waals surface area (Å²) in [7, 11) is 0. The minimum atomic E-state index is -0.809. The van der Waals surface area contributed by atoms with E-state index in [9.17, 15) is 9.90 Å². The first-order valence-corrected chi connectivity index (χ1v) is 12.5. The molecule has 8 heteroatoms. The highest BCUT2D eigenvalue weighted by Crippen LogP contribution is 2.41. The third kappa shape index (κ3) is 5.23. The zero-order valence-corrected chi connectivity index (χ0v) is 20.7. The van der Waals surface area contributed by atoms with E-state index in [1.165, 1.54) is 0 Å². The Morgan fingerprint density at radius 1 is 1.17 bits per heavy atom. The van der Waals surface area contributed by atoms with Crippen molar-refractivity contribution in [2.75, 3.05) is 25.0 Å². The Morgan fingerprint density at radius 2 is 1.94 bits per heavy atom. The number of urea groups is 1. The summed E-state index contributed by atoms with van der Waals surface area (Å²) in [5.41, 5.74) is 9.04. The Bertz CT molecular complexity index is 1280. The van der Waals surface area contributed by atoms with Gasteiger partial charge in [0.15, 0.2) is 0 Å². The van der Waals surface area contributed by atoms with E-state index < -0.39 is 11.6 Å². The van der Waals surface area contributed by atoms with Crippen LogP contribution in [0.15, 0.2) is 66.9 Å². The summed E-state index contributed by atoms with van der Waals surface area (Å²) in [4.78, 5) is 18.4. The Kier molecular flexibility index (Phi) is 6.96. The van der Waals surface area contributed by atoms with Crippen LogP contribution in [-0.4, -0.2) is 40.7 Å². The van der Waals surface area contributed by atoms with E-state index in [-0.39, 0.29) is 0 Å². The van der Waals surface area contributed by atoms with Crippen molar-refractivity contribution in [3.8, 4) is 11.6 Å². The predicted octanol–water partition coefficient (Wildman–Crippen LogP) is 5.33. The van der Waals surface area contributed by atoms with Gasteiger partial charge in [-0.25, -0.2) is 9.78 Å². The highest BCUT2D eigenvalue weighted by molar-refractivity contribution is 6.30. The summed E-state index contributed by atoms with van der Waals surface area (Å²) in [5.74, 6) is 1.20. The molecule has 0 aliphatic carbocycles. The molecule has 0 atom stereocenters. The molecule has 2 amide bonds. The van der Waals surface area contributed by atoms with Gasteiger partial charge in [0.1, 0.15) is 5.75 Å². The van der Waals surface area contributed by atoms with E-state index in [0.717, 1.165) is 48.3 Å². The topological polar surface area (TPSA) is 101 Å². The number of carbonyl (C=O) groups is 1. The number of ether oxygens (including phenoxy) is 1. The normalized spacial score (nSPS) is 18.0. The van der Waals surface area contributed by atoms with Crippen molar-refractivity contribution in [1.82, 2.24) is 9.88 Å². The number of hydrogen-bond donors (Lipinski definition) is 3. The number of anilines is 1. The molecule has 1 saturated heterocycles. The van der Waals surface area contributed by atoms with Gasteiger partial charge < -0.3 is 25.8 Å². The van der Waals surface area contributed by atoms with E-state index in [1.54, 1.807) is 6.20 Å². The number of aliphatic hydroxyl groups is 1. The molecule has 0 unspecified atom stereocenters. The molecule has 2 aliphatic heterocycles. The summed E-state index contributed by atoms with van der Waals surface area (Å²) in [6, 6.07) is 16.3. The van der Waals surface area contributed by atoms with Gasteiger partial charge in [0.25, 0.3) is 0 Å². The van der Waals surface area contributed by atoms with Gasteiger partial charge >= 0.3 is 6.03 Å². The van der Waals surface area contributed by atoms with E-state index in [0.29, 0.717) is 41.6 Å². The van der Waals surface area contributed by atoms with E-state index in [2.05, 4.69) is 21.3 Å². The fourth-order valence-electron chi connectivity index (χ4n) is 5.00. The number of amides is 2. The molecule has 3 aromatic rings. The van der Waals surface area contributed by atoms with Gasteiger partial charge in [0.05, 0.1) is 5.60 Å². The number of halogens is 1. The number of nitrogens with zero attached hydrogens (tertiary/aromatic N) is 2. The fraction of sp³-hybridized carbons (Fsp3) is 0.286. The van der Waals surface area contributed by atoms with Crippen molar-refractivity contribution in [1.29, 1.82) is 0 Å². The highest BCUT2D eigenvalue weighted by Gasteiger charge is 2.33. The van der Waals surface area contributed by atoms with Crippen LogP contribution in [0, 0.1) is 0 Å². The zero-order valence-electron chi connectivity index (χ0n) is 19.9. The monoisotopic (exact) mass is 504 g/mol. The van der Waals surface area contributed by atoms with Crippen LogP contribution in [0.3, 0.4) is 0 Å². The van der Waals surface area contributed by atoms with Crippen LogP contribution in [0.5, 0.6) is 11.6 Å². The molecule has 0 saturated carbocycles. The number of fused-ring (bicyclic) bond motifs is 2. The average molecular weight is 505 g/mol. The predicted molar refractivity (Wildman–Crippen MR) is 141 cm³/mol.